The van der Waals surface area contributed by atoms with Crippen LogP contribution in [-0.4, -0.2) is 57.7 Å². The van der Waals surface area contributed by atoms with E-state index in [9.17, 15) is 13.2 Å². The molecule has 2 aliphatic rings. The second-order valence-electron chi connectivity index (χ2n) is 10.5. The fourth-order valence-electron chi connectivity index (χ4n) is 6.00. The van der Waals surface area contributed by atoms with Crippen LogP contribution in [0.15, 0.2) is 52.1 Å². The van der Waals surface area contributed by atoms with E-state index in [1.807, 2.05) is 31.7 Å². The van der Waals surface area contributed by atoms with Crippen LogP contribution in [0, 0.1) is 6.92 Å². The number of likely N-dealkylation sites (tertiary alicyclic amines) is 1. The topological polar surface area (TPSA) is 102 Å². The molecule has 1 fully saturated rings. The average molecular weight is 612 g/mol. The van der Waals surface area contributed by atoms with E-state index in [1.165, 1.54) is 3.97 Å². The zero-order valence-corrected chi connectivity index (χ0v) is 24.6. The van der Waals surface area contributed by atoms with E-state index in [-0.39, 0.29) is 16.3 Å². The molecule has 0 radical (unpaired) electrons. The zero-order valence-electron chi connectivity index (χ0n) is 22.2. The van der Waals surface area contributed by atoms with Crippen molar-refractivity contribution in [3.05, 3.63) is 64.0 Å². The molecule has 1 spiro atoms. The van der Waals surface area contributed by atoms with Crippen molar-refractivity contribution in [2.24, 2.45) is 0 Å². The first-order valence-electron chi connectivity index (χ1n) is 13.3. The lowest BCUT2D eigenvalue weighted by Gasteiger charge is -2.24. The van der Waals surface area contributed by atoms with E-state index in [1.54, 1.807) is 36.7 Å². The molecule has 9 nitrogen and oxygen atoms in total. The van der Waals surface area contributed by atoms with E-state index in [4.69, 9.17) is 5.10 Å². The molecule has 0 aliphatic carbocycles. The number of nitrogens with one attached hydrogen (secondary N) is 1. The number of nitrogens with zero attached hydrogens (tertiary/aromatic N) is 5. The van der Waals surface area contributed by atoms with Crippen molar-refractivity contribution in [3.8, 4) is 11.3 Å². The summed E-state index contributed by atoms with van der Waals surface area (Å²) in [5, 5.41) is 8.66. The van der Waals surface area contributed by atoms with Gasteiger partial charge in [0.15, 0.2) is 5.65 Å². The van der Waals surface area contributed by atoms with Gasteiger partial charge in [0, 0.05) is 54.9 Å². The van der Waals surface area contributed by atoms with Crippen molar-refractivity contribution in [2.45, 2.75) is 56.9 Å². The molecule has 1 unspecified atom stereocenters. The largest absolute Gasteiger partial charge is 0.338 e. The Balaban J connectivity index is 1.39. The van der Waals surface area contributed by atoms with Crippen molar-refractivity contribution in [1.29, 1.82) is 0 Å². The van der Waals surface area contributed by atoms with E-state index in [0.29, 0.717) is 25.2 Å². The second-order valence-corrected chi connectivity index (χ2v) is 13.1. The lowest BCUT2D eigenvalue weighted by Crippen LogP contribution is -2.40. The fourth-order valence-corrected chi connectivity index (χ4v) is 8.28. The second kappa shape index (κ2) is 9.48. The van der Waals surface area contributed by atoms with Crippen molar-refractivity contribution >= 4 is 43.0 Å². The first kappa shape index (κ1) is 26.1. The van der Waals surface area contributed by atoms with Gasteiger partial charge in [-0.25, -0.2) is 22.2 Å². The molecule has 0 saturated carbocycles. The third kappa shape index (κ3) is 4.09. The van der Waals surface area contributed by atoms with Crippen molar-refractivity contribution in [3.63, 3.8) is 0 Å². The molecule has 1 aromatic carbocycles. The highest BCUT2D eigenvalue weighted by Gasteiger charge is 2.48. The number of benzene rings is 1. The molecule has 4 aromatic rings. The van der Waals surface area contributed by atoms with Gasteiger partial charge >= 0.3 is 6.03 Å². The van der Waals surface area contributed by atoms with Crippen molar-refractivity contribution in [2.75, 3.05) is 19.6 Å². The molecule has 1 atom stereocenters. The van der Waals surface area contributed by atoms with Gasteiger partial charge in [-0.3, -0.25) is 4.68 Å². The SMILES string of the molecule is CCNC(=O)N1CCC2(CCn3nc(-c4cnc5c(c4)c(CC)cn5S(=O)(=O)c4ccc(C)cc4)c(Br)c32)C1. The Labute approximate surface area is 236 Å². The Kier molecular flexibility index (Phi) is 6.33. The minimum Gasteiger partial charge on any atom is -0.338 e. The third-order valence-electron chi connectivity index (χ3n) is 8.09. The van der Waals surface area contributed by atoms with E-state index < -0.39 is 10.0 Å². The summed E-state index contributed by atoms with van der Waals surface area (Å²) in [6, 6.07) is 8.83. The quantitative estimate of drug-likeness (QED) is 0.348. The lowest BCUT2D eigenvalue weighted by atomic mass is 9.82. The Bertz CT molecular complexity index is 1710. The normalized spacial score (nSPS) is 18.8. The van der Waals surface area contributed by atoms with Crippen LogP contribution in [0.4, 0.5) is 4.79 Å². The van der Waals surface area contributed by atoms with Crippen LogP contribution < -0.4 is 5.32 Å². The summed E-state index contributed by atoms with van der Waals surface area (Å²) >= 11 is 3.85. The number of halogens is 1. The van der Waals surface area contributed by atoms with E-state index in [0.717, 1.165) is 63.9 Å². The summed E-state index contributed by atoms with van der Waals surface area (Å²) in [5.41, 5.74) is 4.91. The van der Waals surface area contributed by atoms with Gasteiger partial charge in [-0.05, 0) is 72.8 Å². The van der Waals surface area contributed by atoms with Gasteiger partial charge in [0.25, 0.3) is 10.0 Å². The fraction of sp³-hybridized carbons (Fsp3) is 0.393. The number of rotatable bonds is 5. The number of pyridine rings is 1. The molecule has 1 saturated heterocycles. The van der Waals surface area contributed by atoms with Gasteiger partial charge in [0.05, 0.1) is 15.1 Å². The predicted molar refractivity (Wildman–Crippen MR) is 153 cm³/mol. The molecule has 1 N–H and O–H groups in total. The number of fused-ring (bicyclic) bond motifs is 3. The molecule has 39 heavy (non-hydrogen) atoms. The van der Waals surface area contributed by atoms with Gasteiger partial charge in [0.2, 0.25) is 0 Å². The van der Waals surface area contributed by atoms with E-state index >= 15 is 0 Å². The Morgan fingerprint density at radius 3 is 2.62 bits per heavy atom. The Hall–Kier alpha value is -3.18. The van der Waals surface area contributed by atoms with Crippen LogP contribution in [0.5, 0.6) is 0 Å². The number of carbonyl (C=O) groups excluding carboxylic acids is 1. The highest BCUT2D eigenvalue weighted by atomic mass is 79.9. The van der Waals surface area contributed by atoms with E-state index in [2.05, 4.69) is 30.9 Å². The average Bonchev–Trinajstić information content (AvgIpc) is 3.68. The summed E-state index contributed by atoms with van der Waals surface area (Å²) < 4.78 is 31.3. The lowest BCUT2D eigenvalue weighted by molar-refractivity contribution is 0.206. The van der Waals surface area contributed by atoms with Crippen molar-refractivity contribution in [1.82, 2.24) is 29.0 Å². The number of aromatic nitrogens is 4. The van der Waals surface area contributed by atoms with Gasteiger partial charge in [0.1, 0.15) is 5.69 Å². The molecule has 3 aromatic heterocycles. The number of aryl methyl sites for hydroxylation is 3. The monoisotopic (exact) mass is 610 g/mol. The van der Waals surface area contributed by atoms with Gasteiger partial charge in [-0.1, -0.05) is 24.6 Å². The maximum Gasteiger partial charge on any atom is 0.317 e. The molecule has 0 bridgehead atoms. The number of amides is 2. The standard InChI is InChI=1S/C28H31BrN6O3S/c1-4-19-16-35(39(37,38)21-8-6-18(3)7-9-21)26-22(19)14-20(15-31-26)24-23(29)25-28(11-13-34(25)32-24)10-12-33(17-28)27(36)30-5-2/h6-9,14-16H,4-5,10-13,17H2,1-3H3,(H,30,36). The first-order valence-corrected chi connectivity index (χ1v) is 15.5. The van der Waals surface area contributed by atoms with Gasteiger partial charge < -0.3 is 10.2 Å². The third-order valence-corrected chi connectivity index (χ3v) is 10.5. The minimum absolute atomic E-state index is 0.0180. The molecular weight excluding hydrogens is 580 g/mol. The van der Waals surface area contributed by atoms with Crippen LogP contribution in [0.25, 0.3) is 22.3 Å². The number of carbonyl (C=O) groups is 1. The summed E-state index contributed by atoms with van der Waals surface area (Å²) in [4.78, 5) is 19.3. The Morgan fingerprint density at radius 1 is 1.15 bits per heavy atom. The van der Waals surface area contributed by atoms with Crippen LogP contribution >= 0.6 is 15.9 Å². The maximum absolute atomic E-state index is 13.5. The number of hydrogen-bond donors (Lipinski definition) is 1. The maximum atomic E-state index is 13.5. The van der Waals surface area contributed by atoms with Crippen molar-refractivity contribution < 1.29 is 13.2 Å². The minimum atomic E-state index is -3.80. The summed E-state index contributed by atoms with van der Waals surface area (Å²) in [6.45, 7) is 8.65. The molecule has 2 amide bonds. The van der Waals surface area contributed by atoms with Gasteiger partial charge in [-0.2, -0.15) is 5.10 Å². The zero-order chi connectivity index (χ0) is 27.5. The van der Waals surface area contributed by atoms with Crippen LogP contribution in [-0.2, 0) is 28.4 Å². The Morgan fingerprint density at radius 2 is 1.90 bits per heavy atom. The van der Waals surface area contributed by atoms with Crippen LogP contribution in [0.2, 0.25) is 0 Å². The van der Waals surface area contributed by atoms with Gasteiger partial charge in [-0.15, -0.1) is 0 Å². The number of hydrogen-bond acceptors (Lipinski definition) is 5. The molecule has 5 heterocycles. The first-order chi connectivity index (χ1) is 18.7. The highest BCUT2D eigenvalue weighted by molar-refractivity contribution is 9.10. The highest BCUT2D eigenvalue weighted by Crippen LogP contribution is 2.48. The molecule has 11 heteroatoms. The predicted octanol–water partition coefficient (Wildman–Crippen LogP) is 4.85. The summed E-state index contributed by atoms with van der Waals surface area (Å²) in [5.74, 6) is 0. The summed E-state index contributed by atoms with van der Waals surface area (Å²) in [7, 11) is -3.80. The smallest absolute Gasteiger partial charge is 0.317 e. The molecule has 6 rings (SSSR count). The number of urea groups is 1. The molecule has 2 aliphatic heterocycles. The molecule has 204 valence electrons. The van der Waals surface area contributed by atoms with Crippen LogP contribution in [0.1, 0.15) is 43.5 Å². The summed E-state index contributed by atoms with van der Waals surface area (Å²) in [6.07, 6.45) is 5.89. The molecular formula is C28H31BrN6O3S. The van der Waals surface area contributed by atoms with Crippen LogP contribution in [0.3, 0.4) is 0 Å².